The van der Waals surface area contributed by atoms with Gasteiger partial charge in [0.1, 0.15) is 5.76 Å². The standard InChI is InChI=1S/C20H36O5/c1-3-5-7-8-12-17(20(22)23)18(21)15-16(11-6-4-2)25-19-13-9-10-14-24-19/h16,19,21H,3-15H2,1-2H3,(H,22,23). The summed E-state index contributed by atoms with van der Waals surface area (Å²) in [6, 6.07) is 0. The third kappa shape index (κ3) is 9.26. The fourth-order valence-electron chi connectivity index (χ4n) is 3.13. The van der Waals surface area contributed by atoms with E-state index >= 15 is 0 Å². The van der Waals surface area contributed by atoms with Gasteiger partial charge in [0.2, 0.25) is 0 Å². The fraction of sp³-hybridized carbons (Fsp3) is 0.850. The maximum absolute atomic E-state index is 11.5. The molecule has 0 aromatic rings. The molecule has 1 heterocycles. The Labute approximate surface area is 152 Å². The van der Waals surface area contributed by atoms with Crippen LogP contribution in [0.3, 0.4) is 0 Å². The number of aliphatic carboxylic acids is 1. The molecule has 0 amide bonds. The van der Waals surface area contributed by atoms with E-state index in [2.05, 4.69) is 13.8 Å². The Morgan fingerprint density at radius 2 is 1.88 bits per heavy atom. The number of carboxylic acid groups (broad SMARTS) is 1. The van der Waals surface area contributed by atoms with Gasteiger partial charge in [-0.25, -0.2) is 4.79 Å². The van der Waals surface area contributed by atoms with Crippen molar-refractivity contribution >= 4 is 5.97 Å². The third-order valence-electron chi connectivity index (χ3n) is 4.67. The number of carboxylic acids is 1. The summed E-state index contributed by atoms with van der Waals surface area (Å²) >= 11 is 0. The number of hydrogen-bond donors (Lipinski definition) is 2. The Morgan fingerprint density at radius 1 is 1.12 bits per heavy atom. The molecule has 2 unspecified atom stereocenters. The summed E-state index contributed by atoms with van der Waals surface area (Å²) in [5.74, 6) is -1.04. The average molecular weight is 357 g/mol. The van der Waals surface area contributed by atoms with Gasteiger partial charge >= 0.3 is 5.97 Å². The number of aliphatic hydroxyl groups is 1. The first-order valence-electron chi connectivity index (χ1n) is 9.99. The van der Waals surface area contributed by atoms with Crippen molar-refractivity contribution < 1.29 is 24.5 Å². The van der Waals surface area contributed by atoms with E-state index in [9.17, 15) is 15.0 Å². The smallest absolute Gasteiger partial charge is 0.334 e. The molecule has 0 saturated carbocycles. The molecule has 1 aliphatic heterocycles. The van der Waals surface area contributed by atoms with E-state index < -0.39 is 5.97 Å². The Hall–Kier alpha value is -1.07. The number of rotatable bonds is 13. The number of unbranched alkanes of at least 4 members (excludes halogenated alkanes) is 4. The molecule has 0 radical (unpaired) electrons. The topological polar surface area (TPSA) is 76.0 Å². The zero-order valence-electron chi connectivity index (χ0n) is 16.0. The Bertz CT molecular complexity index is 399. The van der Waals surface area contributed by atoms with E-state index in [1.807, 2.05) is 0 Å². The molecule has 1 aliphatic rings. The van der Waals surface area contributed by atoms with Crippen molar-refractivity contribution in [1.29, 1.82) is 0 Å². The van der Waals surface area contributed by atoms with Crippen LogP contribution in [0.25, 0.3) is 0 Å². The molecule has 0 aromatic carbocycles. The van der Waals surface area contributed by atoms with Gasteiger partial charge in [-0.3, -0.25) is 0 Å². The minimum atomic E-state index is -1.02. The molecule has 1 fully saturated rings. The van der Waals surface area contributed by atoms with Gasteiger partial charge in [0, 0.05) is 13.0 Å². The van der Waals surface area contributed by atoms with Gasteiger partial charge in [0.25, 0.3) is 0 Å². The van der Waals surface area contributed by atoms with Crippen LogP contribution in [0.4, 0.5) is 0 Å². The first-order chi connectivity index (χ1) is 12.1. The fourth-order valence-corrected chi connectivity index (χ4v) is 3.13. The molecule has 2 N–H and O–H groups in total. The molecule has 146 valence electrons. The van der Waals surface area contributed by atoms with Crippen LogP contribution in [0.5, 0.6) is 0 Å². The van der Waals surface area contributed by atoms with Crippen molar-refractivity contribution in [3.8, 4) is 0 Å². The minimum absolute atomic E-state index is 0.0269. The highest BCUT2D eigenvalue weighted by Gasteiger charge is 2.23. The van der Waals surface area contributed by atoms with E-state index in [0.29, 0.717) is 13.0 Å². The average Bonchev–Trinajstić information content (AvgIpc) is 2.60. The maximum Gasteiger partial charge on any atom is 0.334 e. The molecule has 2 atom stereocenters. The summed E-state index contributed by atoms with van der Waals surface area (Å²) in [5, 5.41) is 19.8. The summed E-state index contributed by atoms with van der Waals surface area (Å²) in [6.45, 7) is 4.94. The largest absolute Gasteiger partial charge is 0.512 e. The van der Waals surface area contributed by atoms with E-state index in [-0.39, 0.29) is 30.1 Å². The summed E-state index contributed by atoms with van der Waals surface area (Å²) in [6.07, 6.45) is 10.1. The van der Waals surface area contributed by atoms with Crippen molar-refractivity contribution in [3.63, 3.8) is 0 Å². The molecule has 25 heavy (non-hydrogen) atoms. The predicted octanol–water partition coefficient (Wildman–Crippen LogP) is 5.35. The highest BCUT2D eigenvalue weighted by molar-refractivity contribution is 5.87. The molecule has 0 bridgehead atoms. The highest BCUT2D eigenvalue weighted by Crippen LogP contribution is 2.24. The van der Waals surface area contributed by atoms with E-state index in [1.54, 1.807) is 0 Å². The molecule has 0 aliphatic carbocycles. The van der Waals surface area contributed by atoms with Crippen LogP contribution in [-0.4, -0.2) is 35.2 Å². The van der Waals surface area contributed by atoms with E-state index in [0.717, 1.165) is 64.2 Å². The van der Waals surface area contributed by atoms with Crippen LogP contribution in [0.2, 0.25) is 0 Å². The maximum atomic E-state index is 11.5. The second kappa shape index (κ2) is 13.2. The highest BCUT2D eigenvalue weighted by atomic mass is 16.7. The van der Waals surface area contributed by atoms with Crippen LogP contribution < -0.4 is 0 Å². The first kappa shape index (κ1) is 22.0. The van der Waals surface area contributed by atoms with Crippen molar-refractivity contribution in [2.75, 3.05) is 6.61 Å². The normalized spacial score (nSPS) is 20.2. The summed E-state index contributed by atoms with van der Waals surface area (Å²) < 4.78 is 11.7. The lowest BCUT2D eigenvalue weighted by Gasteiger charge is -2.28. The quantitative estimate of drug-likeness (QED) is 0.264. The number of aliphatic hydroxyl groups excluding tert-OH is 1. The predicted molar refractivity (Wildman–Crippen MR) is 98.7 cm³/mol. The van der Waals surface area contributed by atoms with E-state index in [4.69, 9.17) is 9.47 Å². The van der Waals surface area contributed by atoms with Crippen LogP contribution in [0.15, 0.2) is 11.3 Å². The SMILES string of the molecule is CCCCCCC(C(=O)O)=C(O)CC(CCCC)OC1CCCCO1. The lowest BCUT2D eigenvalue weighted by molar-refractivity contribution is -0.190. The lowest BCUT2D eigenvalue weighted by atomic mass is 10.0. The molecule has 1 saturated heterocycles. The minimum Gasteiger partial charge on any atom is -0.512 e. The van der Waals surface area contributed by atoms with Gasteiger partial charge in [0.15, 0.2) is 6.29 Å². The second-order valence-electron chi connectivity index (χ2n) is 6.94. The van der Waals surface area contributed by atoms with Crippen molar-refractivity contribution in [1.82, 2.24) is 0 Å². The van der Waals surface area contributed by atoms with Crippen molar-refractivity contribution in [2.24, 2.45) is 0 Å². The first-order valence-corrected chi connectivity index (χ1v) is 9.99. The Morgan fingerprint density at radius 3 is 2.48 bits per heavy atom. The Balaban J connectivity index is 2.66. The Kier molecular flexibility index (Phi) is 11.6. The van der Waals surface area contributed by atoms with Crippen LogP contribution >= 0.6 is 0 Å². The molecule has 5 heteroatoms. The lowest BCUT2D eigenvalue weighted by Crippen LogP contribution is -2.28. The molecule has 5 nitrogen and oxygen atoms in total. The van der Waals surface area contributed by atoms with Gasteiger partial charge in [0.05, 0.1) is 11.7 Å². The van der Waals surface area contributed by atoms with Gasteiger partial charge in [-0.15, -0.1) is 0 Å². The number of ether oxygens (including phenoxy) is 2. The molecular formula is C20H36O5. The van der Waals surface area contributed by atoms with Crippen LogP contribution in [0.1, 0.15) is 90.9 Å². The third-order valence-corrected chi connectivity index (χ3v) is 4.67. The monoisotopic (exact) mass is 356 g/mol. The van der Waals surface area contributed by atoms with Crippen LogP contribution in [-0.2, 0) is 14.3 Å². The van der Waals surface area contributed by atoms with Crippen molar-refractivity contribution in [3.05, 3.63) is 11.3 Å². The van der Waals surface area contributed by atoms with Gasteiger partial charge in [-0.1, -0.05) is 46.0 Å². The summed E-state index contributed by atoms with van der Waals surface area (Å²) in [7, 11) is 0. The van der Waals surface area contributed by atoms with Gasteiger partial charge in [-0.2, -0.15) is 0 Å². The molecule has 0 spiro atoms. The van der Waals surface area contributed by atoms with E-state index in [1.165, 1.54) is 0 Å². The van der Waals surface area contributed by atoms with Crippen molar-refractivity contribution in [2.45, 2.75) is 103 Å². The zero-order chi connectivity index (χ0) is 18.5. The zero-order valence-corrected chi connectivity index (χ0v) is 16.0. The summed E-state index contributed by atoms with van der Waals surface area (Å²) in [5.41, 5.74) is 0.144. The molecule has 1 rings (SSSR count). The summed E-state index contributed by atoms with van der Waals surface area (Å²) in [4.78, 5) is 11.5. The molecule has 0 aromatic heterocycles. The van der Waals surface area contributed by atoms with Crippen LogP contribution in [0, 0.1) is 0 Å². The van der Waals surface area contributed by atoms with Gasteiger partial charge in [-0.05, 0) is 38.5 Å². The molecular weight excluding hydrogens is 320 g/mol. The second-order valence-corrected chi connectivity index (χ2v) is 6.94. The number of carbonyl (C=O) groups is 1. The number of hydrogen-bond acceptors (Lipinski definition) is 4. The van der Waals surface area contributed by atoms with Gasteiger partial charge < -0.3 is 19.7 Å².